The van der Waals surface area contributed by atoms with E-state index in [1.54, 1.807) is 31.3 Å². The van der Waals surface area contributed by atoms with Crippen molar-refractivity contribution in [2.24, 2.45) is 0 Å². The molecule has 0 unspecified atom stereocenters. The van der Waals surface area contributed by atoms with E-state index < -0.39 is 16.0 Å². The molecule has 0 atom stereocenters. The van der Waals surface area contributed by atoms with Gasteiger partial charge in [0.2, 0.25) is 10.0 Å². The van der Waals surface area contributed by atoms with Gasteiger partial charge in [-0.25, -0.2) is 13.2 Å². The molecule has 0 bridgehead atoms. The van der Waals surface area contributed by atoms with E-state index in [1.165, 1.54) is 35.7 Å². The van der Waals surface area contributed by atoms with Crippen LogP contribution in [0.1, 0.15) is 52.8 Å². The van der Waals surface area contributed by atoms with E-state index in [0.717, 1.165) is 32.1 Å². The van der Waals surface area contributed by atoms with E-state index in [2.05, 4.69) is 10.1 Å². The topological polar surface area (TPSA) is 92.8 Å². The number of hydrogen-bond donors (Lipinski definition) is 1. The monoisotopic (exact) mass is 430 g/mol. The number of anilines is 1. The first-order valence-electron chi connectivity index (χ1n) is 9.91. The number of methoxy groups -OCH3 is 1. The minimum absolute atomic E-state index is 0.0275. The molecule has 0 radical (unpaired) electrons. The second-order valence-electron chi connectivity index (χ2n) is 7.36. The quantitative estimate of drug-likeness (QED) is 0.706. The molecule has 1 N–H and O–H groups in total. The average Bonchev–Trinajstić information content (AvgIpc) is 2.79. The van der Waals surface area contributed by atoms with Gasteiger partial charge in [-0.15, -0.1) is 0 Å². The minimum atomic E-state index is -3.60. The highest BCUT2D eigenvalue weighted by Crippen LogP contribution is 2.26. The number of ether oxygens (including phenoxy) is 1. The van der Waals surface area contributed by atoms with Crippen LogP contribution < -0.4 is 5.32 Å². The summed E-state index contributed by atoms with van der Waals surface area (Å²) < 4.78 is 31.9. The molecule has 1 amide bonds. The lowest BCUT2D eigenvalue weighted by Gasteiger charge is -2.30. The van der Waals surface area contributed by atoms with Crippen LogP contribution in [0.3, 0.4) is 0 Å². The van der Waals surface area contributed by atoms with Gasteiger partial charge in [0.25, 0.3) is 5.91 Å². The molecule has 160 valence electrons. The standard InChI is InChI=1S/C22H26N2O5S/c1-24(19-6-4-3-5-7-19)30(27,28)20-14-10-16(11-15-20)21(25)23-18-12-8-17(9-13-18)22(26)29-2/h8-15,19H,3-7H2,1-2H3,(H,23,25). The molecule has 0 spiro atoms. The molecule has 30 heavy (non-hydrogen) atoms. The second kappa shape index (κ2) is 9.40. The van der Waals surface area contributed by atoms with Crippen LogP contribution in [0, 0.1) is 0 Å². The molecule has 1 aliphatic carbocycles. The number of amides is 1. The number of nitrogens with one attached hydrogen (secondary N) is 1. The largest absolute Gasteiger partial charge is 0.465 e. The number of rotatable bonds is 6. The fourth-order valence-corrected chi connectivity index (χ4v) is 5.01. The lowest BCUT2D eigenvalue weighted by atomic mass is 9.96. The summed E-state index contributed by atoms with van der Waals surface area (Å²) in [7, 11) is -0.668. The van der Waals surface area contributed by atoms with Crippen molar-refractivity contribution in [3.05, 3.63) is 59.7 Å². The van der Waals surface area contributed by atoms with Crippen molar-refractivity contribution in [1.29, 1.82) is 0 Å². The predicted octanol–water partition coefficient (Wildman–Crippen LogP) is 3.68. The van der Waals surface area contributed by atoms with Gasteiger partial charge in [0.1, 0.15) is 0 Å². The third kappa shape index (κ3) is 4.88. The van der Waals surface area contributed by atoms with Crippen molar-refractivity contribution < 1.29 is 22.7 Å². The molecule has 0 saturated heterocycles. The van der Waals surface area contributed by atoms with Gasteiger partial charge in [0, 0.05) is 24.3 Å². The first-order valence-corrected chi connectivity index (χ1v) is 11.3. The van der Waals surface area contributed by atoms with Gasteiger partial charge in [0.15, 0.2) is 0 Å². The maximum atomic E-state index is 12.9. The molecule has 8 heteroatoms. The average molecular weight is 431 g/mol. The molecular weight excluding hydrogens is 404 g/mol. The number of sulfonamides is 1. The number of hydrogen-bond acceptors (Lipinski definition) is 5. The summed E-state index contributed by atoms with van der Waals surface area (Å²) in [5.74, 6) is -0.826. The third-order valence-electron chi connectivity index (χ3n) is 5.45. The molecule has 1 aliphatic rings. The SMILES string of the molecule is COC(=O)c1ccc(NC(=O)c2ccc(S(=O)(=O)N(C)C3CCCCC3)cc2)cc1. The number of carbonyl (C=O) groups is 2. The fraction of sp³-hybridized carbons (Fsp3) is 0.364. The van der Waals surface area contributed by atoms with Crippen molar-refractivity contribution >= 4 is 27.6 Å². The van der Waals surface area contributed by atoms with Crippen LogP contribution in [0.5, 0.6) is 0 Å². The summed E-state index contributed by atoms with van der Waals surface area (Å²) in [5, 5.41) is 2.72. The lowest BCUT2D eigenvalue weighted by molar-refractivity contribution is 0.0600. The van der Waals surface area contributed by atoms with Gasteiger partial charge < -0.3 is 10.1 Å². The van der Waals surface area contributed by atoms with Crippen molar-refractivity contribution in [3.8, 4) is 0 Å². The van der Waals surface area contributed by atoms with Crippen molar-refractivity contribution in [2.75, 3.05) is 19.5 Å². The van der Waals surface area contributed by atoms with E-state index in [0.29, 0.717) is 16.8 Å². The number of benzene rings is 2. The van der Waals surface area contributed by atoms with Crippen LogP contribution in [0.15, 0.2) is 53.4 Å². The van der Waals surface area contributed by atoms with Gasteiger partial charge in [-0.05, 0) is 61.4 Å². The fourth-order valence-electron chi connectivity index (χ4n) is 3.60. The van der Waals surface area contributed by atoms with Crippen molar-refractivity contribution in [3.63, 3.8) is 0 Å². The molecule has 0 aliphatic heterocycles. The van der Waals surface area contributed by atoms with Gasteiger partial charge >= 0.3 is 5.97 Å². The smallest absolute Gasteiger partial charge is 0.337 e. The van der Waals surface area contributed by atoms with Gasteiger partial charge in [-0.2, -0.15) is 4.31 Å². The van der Waals surface area contributed by atoms with Crippen LogP contribution in [0.25, 0.3) is 0 Å². The highest BCUT2D eigenvalue weighted by atomic mass is 32.2. The Balaban J connectivity index is 1.68. The summed E-state index contributed by atoms with van der Waals surface area (Å²) in [5.41, 5.74) is 1.24. The Labute approximate surface area is 177 Å². The Morgan fingerprint density at radius 3 is 2.07 bits per heavy atom. The van der Waals surface area contributed by atoms with Crippen LogP contribution in [-0.2, 0) is 14.8 Å². The van der Waals surface area contributed by atoms with E-state index in [4.69, 9.17) is 0 Å². The maximum Gasteiger partial charge on any atom is 0.337 e. The van der Waals surface area contributed by atoms with Crippen LogP contribution >= 0.6 is 0 Å². The summed E-state index contributed by atoms with van der Waals surface area (Å²) >= 11 is 0. The molecule has 3 rings (SSSR count). The van der Waals surface area contributed by atoms with Gasteiger partial charge in [-0.1, -0.05) is 19.3 Å². The molecular formula is C22H26N2O5S. The molecule has 0 aromatic heterocycles. The van der Waals surface area contributed by atoms with Crippen LogP contribution in [0.2, 0.25) is 0 Å². The van der Waals surface area contributed by atoms with Gasteiger partial charge in [0.05, 0.1) is 17.6 Å². The molecule has 1 fully saturated rings. The lowest BCUT2D eigenvalue weighted by Crippen LogP contribution is -2.38. The third-order valence-corrected chi connectivity index (χ3v) is 7.37. The highest BCUT2D eigenvalue weighted by Gasteiger charge is 2.29. The first-order chi connectivity index (χ1) is 14.3. The first kappa shape index (κ1) is 22.0. The normalized spacial score (nSPS) is 15.0. The number of carbonyl (C=O) groups excluding carboxylic acids is 2. The summed E-state index contributed by atoms with van der Waals surface area (Å²) in [4.78, 5) is 24.1. The summed E-state index contributed by atoms with van der Waals surface area (Å²) in [6, 6.07) is 12.3. The van der Waals surface area contributed by atoms with Crippen LogP contribution in [-0.4, -0.2) is 44.8 Å². The number of nitrogens with zero attached hydrogens (tertiary/aromatic N) is 1. The number of esters is 1. The van der Waals surface area contributed by atoms with Crippen LogP contribution in [0.4, 0.5) is 5.69 Å². The van der Waals surface area contributed by atoms with Crippen molar-refractivity contribution in [1.82, 2.24) is 4.31 Å². The zero-order valence-corrected chi connectivity index (χ0v) is 17.9. The molecule has 2 aromatic rings. The Kier molecular flexibility index (Phi) is 6.89. The van der Waals surface area contributed by atoms with Gasteiger partial charge in [-0.3, -0.25) is 4.79 Å². The Morgan fingerprint density at radius 1 is 0.933 bits per heavy atom. The minimum Gasteiger partial charge on any atom is -0.465 e. The summed E-state index contributed by atoms with van der Waals surface area (Å²) in [6.07, 6.45) is 5.00. The zero-order chi connectivity index (χ0) is 21.7. The van der Waals surface area contributed by atoms with E-state index >= 15 is 0 Å². The zero-order valence-electron chi connectivity index (χ0n) is 17.1. The van der Waals surface area contributed by atoms with E-state index in [1.807, 2.05) is 0 Å². The molecule has 2 aromatic carbocycles. The van der Waals surface area contributed by atoms with E-state index in [-0.39, 0.29) is 16.8 Å². The Hall–Kier alpha value is -2.71. The molecule has 1 saturated carbocycles. The maximum absolute atomic E-state index is 12.9. The molecule has 7 nitrogen and oxygen atoms in total. The second-order valence-corrected chi connectivity index (χ2v) is 9.36. The predicted molar refractivity (Wildman–Crippen MR) is 114 cm³/mol. The highest BCUT2D eigenvalue weighted by molar-refractivity contribution is 7.89. The Bertz CT molecular complexity index is 995. The Morgan fingerprint density at radius 2 is 1.50 bits per heavy atom. The molecule has 0 heterocycles. The van der Waals surface area contributed by atoms with Crippen molar-refractivity contribution in [2.45, 2.75) is 43.0 Å². The van der Waals surface area contributed by atoms with E-state index in [9.17, 15) is 18.0 Å². The summed E-state index contributed by atoms with van der Waals surface area (Å²) in [6.45, 7) is 0.